The van der Waals surface area contributed by atoms with E-state index in [0.29, 0.717) is 5.02 Å². The molecule has 0 bridgehead atoms. The molecule has 0 atom stereocenters. The van der Waals surface area contributed by atoms with Crippen LogP contribution in [0.2, 0.25) is 5.02 Å². The molecule has 3 rings (SSSR count). The Hall–Kier alpha value is -3.44. The molecule has 0 aliphatic rings. The molecule has 2 aromatic carbocycles. The van der Waals surface area contributed by atoms with Gasteiger partial charge in [0.15, 0.2) is 0 Å². The Balaban J connectivity index is 1.77. The van der Waals surface area contributed by atoms with Gasteiger partial charge in [-0.2, -0.15) is 5.10 Å². The molecule has 0 saturated carbocycles. The van der Waals surface area contributed by atoms with Crippen molar-refractivity contribution in [1.82, 2.24) is 9.78 Å². The summed E-state index contributed by atoms with van der Waals surface area (Å²) in [6, 6.07) is 9.87. The van der Waals surface area contributed by atoms with Gasteiger partial charge < -0.3 is 10.1 Å². The minimum absolute atomic E-state index is 0.0324. The lowest BCUT2D eigenvalue weighted by Crippen LogP contribution is -2.15. The number of nitrogens with one attached hydrogen (secondary N) is 1. The van der Waals surface area contributed by atoms with Crippen LogP contribution >= 0.6 is 11.6 Å². The summed E-state index contributed by atoms with van der Waals surface area (Å²) >= 11 is 5.83. The summed E-state index contributed by atoms with van der Waals surface area (Å²) in [5.41, 5.74) is 0.0496. The Bertz CT molecular complexity index is 1220. The summed E-state index contributed by atoms with van der Waals surface area (Å²) in [6.45, 7) is 0.111. The number of ether oxygens (including phenoxy) is 1. The van der Waals surface area contributed by atoms with Crippen molar-refractivity contribution >= 4 is 38.7 Å². The van der Waals surface area contributed by atoms with Gasteiger partial charge in [0.1, 0.15) is 18.1 Å². The van der Waals surface area contributed by atoms with Crippen LogP contribution in [0.1, 0.15) is 6.42 Å². The van der Waals surface area contributed by atoms with Gasteiger partial charge in [-0.1, -0.05) is 11.6 Å². The molecule has 0 spiro atoms. The molecule has 1 N–H and O–H groups in total. The highest BCUT2D eigenvalue weighted by Gasteiger charge is 2.20. The number of amides is 1. The topological polar surface area (TPSA) is 133 Å². The number of rotatable bonds is 8. The molecule has 1 heterocycles. The van der Waals surface area contributed by atoms with Gasteiger partial charge in [0, 0.05) is 29.7 Å². The van der Waals surface area contributed by atoms with Gasteiger partial charge in [-0.05, 0) is 36.4 Å². The molecule has 0 unspecified atom stereocenters. The van der Waals surface area contributed by atoms with Crippen LogP contribution in [0.15, 0.2) is 64.6 Å². The van der Waals surface area contributed by atoms with Crippen molar-refractivity contribution in [2.45, 2.75) is 22.8 Å². The number of hydrogen-bond donors (Lipinski definition) is 1. The highest BCUT2D eigenvalue weighted by Crippen LogP contribution is 2.29. The molecule has 162 valence electrons. The Morgan fingerprint density at radius 1 is 1.23 bits per heavy atom. The zero-order chi connectivity index (χ0) is 22.6. The Kier molecular flexibility index (Phi) is 6.56. The van der Waals surface area contributed by atoms with Gasteiger partial charge in [-0.15, -0.1) is 0 Å². The third-order valence-electron chi connectivity index (χ3n) is 4.23. The van der Waals surface area contributed by atoms with Crippen LogP contribution in [0.3, 0.4) is 0 Å². The summed E-state index contributed by atoms with van der Waals surface area (Å²) in [4.78, 5) is 22.4. The normalized spacial score (nSPS) is 11.2. The molecule has 31 heavy (non-hydrogen) atoms. The van der Waals surface area contributed by atoms with Crippen molar-refractivity contribution in [3.05, 3.63) is 70.0 Å². The van der Waals surface area contributed by atoms with Crippen molar-refractivity contribution in [2.24, 2.45) is 0 Å². The number of benzene rings is 2. The molecule has 0 aliphatic carbocycles. The largest absolute Gasteiger partial charge is 0.497 e. The van der Waals surface area contributed by atoms with E-state index in [2.05, 4.69) is 10.4 Å². The van der Waals surface area contributed by atoms with E-state index >= 15 is 0 Å². The number of carbonyl (C=O) groups excluding carboxylic acids is 1. The molecule has 3 aromatic rings. The maximum absolute atomic E-state index is 12.9. The van der Waals surface area contributed by atoms with E-state index in [0.717, 1.165) is 6.20 Å². The number of nitro groups is 1. The summed E-state index contributed by atoms with van der Waals surface area (Å²) in [6.07, 6.45) is 2.28. The number of halogens is 1. The van der Waals surface area contributed by atoms with Crippen LogP contribution in [0.25, 0.3) is 0 Å². The fourth-order valence-electron chi connectivity index (χ4n) is 2.68. The van der Waals surface area contributed by atoms with Gasteiger partial charge >= 0.3 is 5.69 Å². The molecular formula is C19H17ClN4O6S. The monoisotopic (exact) mass is 464 g/mol. The molecular weight excluding hydrogens is 448 g/mol. The second-order valence-electron chi connectivity index (χ2n) is 6.37. The van der Waals surface area contributed by atoms with Crippen LogP contribution in [-0.4, -0.2) is 36.1 Å². The van der Waals surface area contributed by atoms with E-state index in [9.17, 15) is 23.3 Å². The molecule has 1 amide bonds. The minimum Gasteiger partial charge on any atom is -0.497 e. The van der Waals surface area contributed by atoms with Gasteiger partial charge in [-0.3, -0.25) is 19.6 Å². The Labute approximate surface area is 182 Å². The quantitative estimate of drug-likeness (QED) is 0.399. The molecule has 1 aromatic heterocycles. The number of hydrogen-bond acceptors (Lipinski definition) is 7. The minimum atomic E-state index is -3.88. The van der Waals surface area contributed by atoms with Gasteiger partial charge in [0.2, 0.25) is 15.7 Å². The first-order valence-electron chi connectivity index (χ1n) is 8.85. The van der Waals surface area contributed by atoms with E-state index in [1.807, 2.05) is 0 Å². The fourth-order valence-corrected chi connectivity index (χ4v) is 4.12. The molecule has 0 fully saturated rings. The number of carbonyl (C=O) groups is 1. The summed E-state index contributed by atoms with van der Waals surface area (Å²) in [5, 5.41) is 17.5. The molecule has 12 heteroatoms. The van der Waals surface area contributed by atoms with E-state index in [4.69, 9.17) is 16.3 Å². The lowest BCUT2D eigenvalue weighted by Gasteiger charge is -2.11. The SMILES string of the molecule is COc1cc(NC(=O)CCn2cc([N+](=O)[O-])cn2)cc(S(=O)(=O)c2ccc(Cl)cc2)c1. The van der Waals surface area contributed by atoms with E-state index < -0.39 is 20.7 Å². The van der Waals surface area contributed by atoms with Crippen molar-refractivity contribution in [3.63, 3.8) is 0 Å². The van der Waals surface area contributed by atoms with Crippen LogP contribution in [0.5, 0.6) is 5.75 Å². The molecule has 0 saturated heterocycles. The fraction of sp³-hybridized carbons (Fsp3) is 0.158. The number of nitrogens with zero attached hydrogens (tertiary/aromatic N) is 3. The Morgan fingerprint density at radius 3 is 2.55 bits per heavy atom. The van der Waals surface area contributed by atoms with Crippen molar-refractivity contribution < 1.29 is 22.9 Å². The third kappa shape index (κ3) is 5.38. The van der Waals surface area contributed by atoms with Crippen LogP contribution in [-0.2, 0) is 21.2 Å². The predicted octanol–water partition coefficient (Wildman–Crippen LogP) is 3.31. The number of aromatic nitrogens is 2. The highest BCUT2D eigenvalue weighted by molar-refractivity contribution is 7.91. The second kappa shape index (κ2) is 9.14. The first-order chi connectivity index (χ1) is 14.7. The first kappa shape index (κ1) is 22.2. The lowest BCUT2D eigenvalue weighted by molar-refractivity contribution is -0.385. The molecule has 0 radical (unpaired) electrons. The highest BCUT2D eigenvalue weighted by atomic mass is 35.5. The van der Waals surface area contributed by atoms with Gasteiger partial charge in [-0.25, -0.2) is 8.42 Å². The van der Waals surface area contributed by atoms with Gasteiger partial charge in [0.05, 0.1) is 21.8 Å². The summed E-state index contributed by atoms with van der Waals surface area (Å²) in [7, 11) is -2.50. The number of methoxy groups -OCH3 is 1. The van der Waals surface area contributed by atoms with E-state index in [1.54, 1.807) is 0 Å². The smallest absolute Gasteiger partial charge is 0.306 e. The molecule has 0 aliphatic heterocycles. The van der Waals surface area contributed by atoms with Crippen LogP contribution < -0.4 is 10.1 Å². The zero-order valence-electron chi connectivity index (χ0n) is 16.2. The summed E-state index contributed by atoms with van der Waals surface area (Å²) in [5.74, 6) is -0.186. The summed E-state index contributed by atoms with van der Waals surface area (Å²) < 4.78 is 32.3. The number of sulfone groups is 1. The standard InChI is InChI=1S/C19H17ClN4O6S/c1-30-16-8-14(22-19(25)6-7-23-12-15(11-21-23)24(26)27)9-18(10-16)31(28,29)17-4-2-13(20)3-5-17/h2-5,8-12H,6-7H2,1H3,(H,22,25). The van der Waals surface area contributed by atoms with E-state index in [-0.39, 0.29) is 39.9 Å². The average Bonchev–Trinajstić information content (AvgIpc) is 3.22. The van der Waals surface area contributed by atoms with Crippen LogP contribution in [0.4, 0.5) is 11.4 Å². The van der Waals surface area contributed by atoms with Crippen molar-refractivity contribution in [1.29, 1.82) is 0 Å². The van der Waals surface area contributed by atoms with Crippen LogP contribution in [0, 0.1) is 10.1 Å². The third-order valence-corrected chi connectivity index (χ3v) is 6.23. The van der Waals surface area contributed by atoms with E-state index in [1.165, 1.54) is 60.5 Å². The van der Waals surface area contributed by atoms with Crippen molar-refractivity contribution in [3.8, 4) is 5.75 Å². The van der Waals surface area contributed by atoms with Gasteiger partial charge in [0.25, 0.3) is 0 Å². The number of anilines is 1. The first-order valence-corrected chi connectivity index (χ1v) is 10.7. The maximum atomic E-state index is 12.9. The average molecular weight is 465 g/mol. The second-order valence-corrected chi connectivity index (χ2v) is 8.76. The van der Waals surface area contributed by atoms with Crippen molar-refractivity contribution in [2.75, 3.05) is 12.4 Å². The lowest BCUT2D eigenvalue weighted by atomic mass is 10.3. The molecule has 10 nitrogen and oxygen atoms in total. The number of aryl methyl sites for hydroxylation is 1. The predicted molar refractivity (Wildman–Crippen MR) is 112 cm³/mol. The zero-order valence-corrected chi connectivity index (χ0v) is 17.8. The Morgan fingerprint density at radius 2 is 1.94 bits per heavy atom. The maximum Gasteiger partial charge on any atom is 0.306 e.